The van der Waals surface area contributed by atoms with Gasteiger partial charge in [0.15, 0.2) is 0 Å². The lowest BCUT2D eigenvalue weighted by Crippen LogP contribution is -2.38. The molecule has 0 spiro atoms. The molecule has 2 saturated heterocycles. The summed E-state index contributed by atoms with van der Waals surface area (Å²) in [6.07, 6.45) is 5.92. The predicted octanol–water partition coefficient (Wildman–Crippen LogP) is 4.72. The molecule has 2 aliphatic rings. The van der Waals surface area contributed by atoms with Crippen LogP contribution in [0.1, 0.15) is 56.2 Å². The third-order valence-electron chi connectivity index (χ3n) is 8.29. The van der Waals surface area contributed by atoms with Crippen LogP contribution in [0.25, 0.3) is 11.0 Å². The second-order valence-electron chi connectivity index (χ2n) is 11.0. The molecule has 4 aromatic rings. The summed E-state index contributed by atoms with van der Waals surface area (Å²) in [6, 6.07) is 19.9. The summed E-state index contributed by atoms with van der Waals surface area (Å²) in [5.74, 6) is 0.177. The third kappa shape index (κ3) is 6.19. The van der Waals surface area contributed by atoms with Crippen molar-refractivity contribution in [3.63, 3.8) is 0 Å². The number of rotatable bonds is 7. The van der Waals surface area contributed by atoms with Crippen LogP contribution in [0.15, 0.2) is 73.1 Å². The number of likely N-dealkylation sites (tertiary alicyclic amines) is 1. The first-order valence-electron chi connectivity index (χ1n) is 14.4. The number of carbonyl (C=O) groups excluding carboxylic acids is 2. The maximum Gasteiger partial charge on any atom is 0.337 e. The van der Waals surface area contributed by atoms with Crippen molar-refractivity contribution in [1.29, 1.82) is 0 Å². The van der Waals surface area contributed by atoms with E-state index < -0.39 is 0 Å². The standard InChI is InChI=1S/C33H36N4O4/c1-40-33(39)27-7-5-24(6-8-27)23-37-14-11-28-20-30(21-34-31(28)37)26-9-12-36(13-10-26)32(38)29-4-2-3-25(19-29)22-35-15-17-41-18-16-35/h2-8,11,14,19-21,26H,9-10,12-13,15-18,22-23H2,1H3. The number of hydrogen-bond acceptors (Lipinski definition) is 6. The van der Waals surface area contributed by atoms with Gasteiger partial charge in [-0.05, 0) is 71.8 Å². The molecule has 0 saturated carbocycles. The van der Waals surface area contributed by atoms with E-state index in [1.807, 2.05) is 35.4 Å². The van der Waals surface area contributed by atoms with E-state index in [4.69, 9.17) is 14.5 Å². The zero-order valence-electron chi connectivity index (χ0n) is 23.5. The first-order valence-corrected chi connectivity index (χ1v) is 14.4. The molecule has 0 unspecified atom stereocenters. The lowest BCUT2D eigenvalue weighted by atomic mass is 9.90. The largest absolute Gasteiger partial charge is 0.465 e. The molecule has 0 bridgehead atoms. The van der Waals surface area contributed by atoms with E-state index in [9.17, 15) is 9.59 Å². The van der Waals surface area contributed by atoms with Gasteiger partial charge in [-0.25, -0.2) is 9.78 Å². The summed E-state index contributed by atoms with van der Waals surface area (Å²) in [5.41, 5.74) is 5.76. The van der Waals surface area contributed by atoms with Crippen molar-refractivity contribution in [2.24, 2.45) is 0 Å². The second-order valence-corrected chi connectivity index (χ2v) is 11.0. The van der Waals surface area contributed by atoms with E-state index in [0.29, 0.717) is 18.0 Å². The first kappa shape index (κ1) is 27.2. The molecule has 2 fully saturated rings. The van der Waals surface area contributed by atoms with Crippen molar-refractivity contribution >= 4 is 22.9 Å². The average molecular weight is 553 g/mol. The maximum absolute atomic E-state index is 13.3. The number of esters is 1. The van der Waals surface area contributed by atoms with Crippen molar-refractivity contribution in [3.8, 4) is 0 Å². The summed E-state index contributed by atoms with van der Waals surface area (Å²) < 4.78 is 12.4. The summed E-state index contributed by atoms with van der Waals surface area (Å²) in [7, 11) is 1.39. The fourth-order valence-corrected chi connectivity index (χ4v) is 5.93. The van der Waals surface area contributed by atoms with Gasteiger partial charge >= 0.3 is 5.97 Å². The lowest BCUT2D eigenvalue weighted by Gasteiger charge is -2.32. The van der Waals surface area contributed by atoms with Gasteiger partial charge in [-0.3, -0.25) is 9.69 Å². The quantitative estimate of drug-likeness (QED) is 0.309. The Morgan fingerprint density at radius 1 is 0.902 bits per heavy atom. The Hall–Kier alpha value is -4.01. The highest BCUT2D eigenvalue weighted by molar-refractivity contribution is 5.94. The first-order chi connectivity index (χ1) is 20.1. The van der Waals surface area contributed by atoms with Crippen LogP contribution in [0, 0.1) is 0 Å². The van der Waals surface area contributed by atoms with Gasteiger partial charge in [0.25, 0.3) is 5.91 Å². The summed E-state index contributed by atoms with van der Waals surface area (Å²) in [4.78, 5) is 34.2. The van der Waals surface area contributed by atoms with Crippen LogP contribution in [-0.2, 0) is 22.6 Å². The molecule has 1 amide bonds. The molecule has 8 nitrogen and oxygen atoms in total. The van der Waals surface area contributed by atoms with Crippen LogP contribution in [0.4, 0.5) is 0 Å². The minimum absolute atomic E-state index is 0.123. The highest BCUT2D eigenvalue weighted by Crippen LogP contribution is 2.30. The van der Waals surface area contributed by atoms with E-state index in [1.165, 1.54) is 18.2 Å². The highest BCUT2D eigenvalue weighted by Gasteiger charge is 2.25. The topological polar surface area (TPSA) is 76.9 Å². The van der Waals surface area contributed by atoms with Crippen LogP contribution in [0.2, 0.25) is 0 Å². The number of piperidine rings is 1. The van der Waals surface area contributed by atoms with E-state index in [2.05, 4.69) is 39.9 Å². The Bertz CT molecular complexity index is 1520. The monoisotopic (exact) mass is 552 g/mol. The van der Waals surface area contributed by atoms with Gasteiger partial charge in [0, 0.05) is 62.6 Å². The number of hydrogen-bond donors (Lipinski definition) is 0. The molecule has 212 valence electrons. The SMILES string of the molecule is COC(=O)c1ccc(Cn2ccc3cc(C4CCN(C(=O)c5cccc(CN6CCOCC6)c5)CC4)cnc32)cc1. The molecule has 8 heteroatoms. The average Bonchev–Trinajstić information content (AvgIpc) is 3.43. The van der Waals surface area contributed by atoms with Gasteiger partial charge in [0.2, 0.25) is 0 Å². The molecule has 41 heavy (non-hydrogen) atoms. The Labute approximate surface area is 240 Å². The van der Waals surface area contributed by atoms with E-state index in [-0.39, 0.29) is 11.9 Å². The van der Waals surface area contributed by atoms with Gasteiger partial charge in [0.05, 0.1) is 25.9 Å². The van der Waals surface area contributed by atoms with Crippen LogP contribution < -0.4 is 0 Å². The van der Waals surface area contributed by atoms with Crippen molar-refractivity contribution in [2.45, 2.75) is 31.8 Å². The van der Waals surface area contributed by atoms with Gasteiger partial charge in [-0.15, -0.1) is 0 Å². The molecule has 6 rings (SSSR count). The van der Waals surface area contributed by atoms with Gasteiger partial charge in [-0.1, -0.05) is 24.3 Å². The number of morpholine rings is 1. The predicted molar refractivity (Wildman–Crippen MR) is 157 cm³/mol. The summed E-state index contributed by atoms with van der Waals surface area (Å²) >= 11 is 0. The molecule has 2 aromatic carbocycles. The molecule has 0 N–H and O–H groups in total. The number of benzene rings is 2. The number of pyridine rings is 1. The minimum atomic E-state index is -0.332. The molecule has 2 aliphatic heterocycles. The van der Waals surface area contributed by atoms with E-state index in [1.54, 1.807) is 12.1 Å². The number of methoxy groups -OCH3 is 1. The van der Waals surface area contributed by atoms with Gasteiger partial charge in [0.1, 0.15) is 5.65 Å². The molecule has 4 heterocycles. The smallest absolute Gasteiger partial charge is 0.337 e. The van der Waals surface area contributed by atoms with E-state index in [0.717, 1.165) is 80.9 Å². The second kappa shape index (κ2) is 12.2. The molecular formula is C33H36N4O4. The highest BCUT2D eigenvalue weighted by atomic mass is 16.5. The number of amides is 1. The van der Waals surface area contributed by atoms with Crippen LogP contribution in [0.5, 0.6) is 0 Å². The zero-order chi connectivity index (χ0) is 28.2. The van der Waals surface area contributed by atoms with E-state index >= 15 is 0 Å². The summed E-state index contributed by atoms with van der Waals surface area (Å²) in [5, 5.41) is 1.12. The van der Waals surface area contributed by atoms with Crippen LogP contribution in [-0.4, -0.2) is 77.7 Å². The molecular weight excluding hydrogens is 516 g/mol. The van der Waals surface area contributed by atoms with Gasteiger partial charge in [-0.2, -0.15) is 0 Å². The third-order valence-corrected chi connectivity index (χ3v) is 8.29. The fourth-order valence-electron chi connectivity index (χ4n) is 5.93. The number of carbonyl (C=O) groups is 2. The van der Waals surface area contributed by atoms with Gasteiger partial charge < -0.3 is 18.9 Å². The van der Waals surface area contributed by atoms with Crippen molar-refractivity contribution in [2.75, 3.05) is 46.5 Å². The van der Waals surface area contributed by atoms with Crippen molar-refractivity contribution in [1.82, 2.24) is 19.4 Å². The van der Waals surface area contributed by atoms with Crippen molar-refractivity contribution in [3.05, 3.63) is 101 Å². The molecule has 2 aromatic heterocycles. The molecule has 0 atom stereocenters. The number of nitrogens with zero attached hydrogens (tertiary/aromatic N) is 4. The zero-order valence-corrected chi connectivity index (χ0v) is 23.5. The maximum atomic E-state index is 13.3. The summed E-state index contributed by atoms with van der Waals surface area (Å²) in [6.45, 7) is 6.44. The number of aromatic nitrogens is 2. The number of fused-ring (bicyclic) bond motifs is 1. The number of ether oxygens (including phenoxy) is 2. The lowest BCUT2D eigenvalue weighted by molar-refractivity contribution is 0.0341. The molecule has 0 radical (unpaired) electrons. The minimum Gasteiger partial charge on any atom is -0.465 e. The Morgan fingerprint density at radius 3 is 2.44 bits per heavy atom. The Kier molecular flexibility index (Phi) is 8.11. The molecule has 0 aliphatic carbocycles. The van der Waals surface area contributed by atoms with Crippen LogP contribution >= 0.6 is 0 Å². The fraction of sp³-hybridized carbons (Fsp3) is 0.364. The van der Waals surface area contributed by atoms with Crippen molar-refractivity contribution < 1.29 is 19.1 Å². The normalized spacial score (nSPS) is 16.7. The van der Waals surface area contributed by atoms with Crippen LogP contribution in [0.3, 0.4) is 0 Å². The Balaban J connectivity index is 1.06. The Morgan fingerprint density at radius 2 is 1.68 bits per heavy atom.